The molecule has 0 aliphatic heterocycles. The lowest BCUT2D eigenvalue weighted by Gasteiger charge is -2.32. The molecule has 296 valence electrons. The molecule has 0 saturated heterocycles. The van der Waals surface area contributed by atoms with Crippen LogP contribution in [0.4, 0.5) is 4.79 Å². The van der Waals surface area contributed by atoms with Gasteiger partial charge in [-0.15, -0.1) is 0 Å². The Morgan fingerprint density at radius 1 is 0.843 bits per heavy atom. The number of aliphatic hydroxyl groups excluding tert-OH is 3. The minimum atomic E-state index is -2.63. The molecule has 0 rings (SSSR count). The summed E-state index contributed by atoms with van der Waals surface area (Å²) in [6.45, 7) is 16.9. The maximum absolute atomic E-state index is 13.5. The summed E-state index contributed by atoms with van der Waals surface area (Å²) in [6.07, 6.45) is -9.60. The fourth-order valence-electron chi connectivity index (χ4n) is 3.91. The maximum atomic E-state index is 13.5. The average Bonchev–Trinajstić information content (AvgIpc) is 2.94. The molecule has 9 N–H and O–H groups in total. The van der Waals surface area contributed by atoms with Gasteiger partial charge in [-0.05, 0) is 66.5 Å². The van der Waals surface area contributed by atoms with E-state index in [9.17, 15) is 54.3 Å². The summed E-state index contributed by atoms with van der Waals surface area (Å²) in [5, 5.41) is 58.9. The van der Waals surface area contributed by atoms with E-state index in [4.69, 9.17) is 14.2 Å². The SMILES string of the molecule is CC(=O)NSC[C@H](NC(=O)[C@H](CC(OC(C)(C)C)C(=O)O)NC(=O)OC(C)(C)C)C(=O)NC[C@@H](O)[C@@H](O)[C@H](O)[C@@](C)(O)C(=O)OCC[Si](C)(C)C. The number of esters is 1. The first kappa shape index (κ1) is 48.0. The van der Waals surface area contributed by atoms with Gasteiger partial charge in [0.25, 0.3) is 0 Å². The molecule has 0 fully saturated rings. The number of carboxylic acid groups (broad SMARTS) is 1. The second kappa shape index (κ2) is 20.3. The van der Waals surface area contributed by atoms with Gasteiger partial charge in [0.15, 0.2) is 11.7 Å². The third-order valence-corrected chi connectivity index (χ3v) is 9.24. The molecule has 0 aliphatic carbocycles. The third kappa shape index (κ3) is 20.0. The number of ether oxygens (including phenoxy) is 3. The van der Waals surface area contributed by atoms with Crippen LogP contribution in [0.25, 0.3) is 0 Å². The van der Waals surface area contributed by atoms with Gasteiger partial charge in [0.2, 0.25) is 17.7 Å². The van der Waals surface area contributed by atoms with Crippen molar-refractivity contribution in [3.63, 3.8) is 0 Å². The minimum absolute atomic E-state index is 0.0233. The second-order valence-electron chi connectivity index (χ2n) is 15.4. The predicted octanol–water partition coefficient (Wildman–Crippen LogP) is -0.361. The van der Waals surface area contributed by atoms with Crippen molar-refractivity contribution in [1.82, 2.24) is 20.7 Å². The normalized spacial score (nSPS) is 16.9. The lowest BCUT2D eigenvalue weighted by molar-refractivity contribution is -0.190. The van der Waals surface area contributed by atoms with Crippen molar-refractivity contribution in [2.24, 2.45) is 0 Å². The second-order valence-corrected chi connectivity index (χ2v) is 21.8. The van der Waals surface area contributed by atoms with Crippen molar-refractivity contribution in [2.75, 3.05) is 18.9 Å². The lowest BCUT2D eigenvalue weighted by Crippen LogP contribution is -2.59. The molecule has 4 amide bonds. The zero-order valence-electron chi connectivity index (χ0n) is 31.3. The standard InChI is InChI=1S/C31H58N4O14SSi/c1-17(36)35-50-16-19(24(40)32-15-20(37)22(38)23(39)31(8,46)27(44)47-12-13-51(9,10)11)33-25(41)18(34-28(45)49-30(5,6)7)14-21(26(42)43)48-29(2,3)4/h18-23,37-39,46H,12-16H2,1-11H3,(H,32,40)(H,33,41)(H,34,45)(H,35,36)(H,42,43)/t18-,19-,20+,21?,22+,23-,31+/m0/s1. The minimum Gasteiger partial charge on any atom is -0.479 e. The Balaban J connectivity index is 5.99. The van der Waals surface area contributed by atoms with E-state index in [1.165, 1.54) is 6.92 Å². The number of aliphatic carboxylic acids is 1. The molecule has 18 nitrogen and oxygen atoms in total. The first-order valence-corrected chi connectivity index (χ1v) is 21.0. The van der Waals surface area contributed by atoms with Crippen LogP contribution in [0.15, 0.2) is 0 Å². The van der Waals surface area contributed by atoms with E-state index in [1.807, 2.05) is 19.6 Å². The van der Waals surface area contributed by atoms with Crippen molar-refractivity contribution < 1.29 is 68.5 Å². The van der Waals surface area contributed by atoms with E-state index in [2.05, 4.69) is 20.7 Å². The number of alkyl carbamates (subject to hydrolysis) is 1. The first-order valence-electron chi connectivity index (χ1n) is 16.3. The molecule has 0 heterocycles. The lowest BCUT2D eigenvalue weighted by atomic mass is 9.92. The number of carbonyl (C=O) groups excluding carboxylic acids is 5. The molecule has 0 spiro atoms. The number of amides is 4. The number of carboxylic acids is 1. The molecule has 0 saturated carbocycles. The Morgan fingerprint density at radius 2 is 1.41 bits per heavy atom. The van der Waals surface area contributed by atoms with Crippen LogP contribution in [0.1, 0.15) is 61.8 Å². The fourth-order valence-corrected chi connectivity index (χ4v) is 5.31. The largest absolute Gasteiger partial charge is 0.479 e. The quantitative estimate of drug-likeness (QED) is 0.0434. The molecule has 0 radical (unpaired) electrons. The molecule has 1 unspecified atom stereocenters. The van der Waals surface area contributed by atoms with Gasteiger partial charge < -0.3 is 60.4 Å². The van der Waals surface area contributed by atoms with Crippen LogP contribution in [-0.4, -0.2) is 142 Å². The number of nitrogens with one attached hydrogen (secondary N) is 4. The molecule has 0 aromatic carbocycles. The molecular weight excluding hydrogens is 713 g/mol. The van der Waals surface area contributed by atoms with E-state index in [1.54, 1.807) is 41.5 Å². The Morgan fingerprint density at radius 3 is 1.88 bits per heavy atom. The summed E-state index contributed by atoms with van der Waals surface area (Å²) < 4.78 is 18.2. The Hall–Kier alpha value is -3.01. The highest BCUT2D eigenvalue weighted by Crippen LogP contribution is 2.20. The van der Waals surface area contributed by atoms with Crippen LogP contribution < -0.4 is 20.7 Å². The van der Waals surface area contributed by atoms with E-state index in [0.717, 1.165) is 18.9 Å². The molecule has 0 aromatic heterocycles. The van der Waals surface area contributed by atoms with Gasteiger partial charge in [0, 0.05) is 33.7 Å². The fraction of sp³-hybridized carbons (Fsp3) is 0.806. The van der Waals surface area contributed by atoms with Gasteiger partial charge >= 0.3 is 18.0 Å². The van der Waals surface area contributed by atoms with Crippen LogP contribution in [0.3, 0.4) is 0 Å². The van der Waals surface area contributed by atoms with Gasteiger partial charge in [-0.3, -0.25) is 14.4 Å². The Bertz CT molecular complexity index is 1200. The topological polar surface area (TPSA) is 279 Å². The monoisotopic (exact) mass is 770 g/mol. The van der Waals surface area contributed by atoms with Crippen molar-refractivity contribution in [3.05, 3.63) is 0 Å². The molecule has 0 aromatic rings. The molecule has 20 heteroatoms. The number of rotatable bonds is 20. The number of hydrogen-bond acceptors (Lipinski definition) is 14. The van der Waals surface area contributed by atoms with Crippen LogP contribution in [0.5, 0.6) is 0 Å². The van der Waals surface area contributed by atoms with Crippen molar-refractivity contribution >= 4 is 55.8 Å². The number of carbonyl (C=O) groups is 6. The highest BCUT2D eigenvalue weighted by molar-refractivity contribution is 7.98. The van der Waals surface area contributed by atoms with Crippen molar-refractivity contribution in [1.29, 1.82) is 0 Å². The molecule has 7 atom stereocenters. The van der Waals surface area contributed by atoms with E-state index in [-0.39, 0.29) is 12.4 Å². The average molecular weight is 771 g/mol. The molecular formula is C31H58N4O14SSi. The van der Waals surface area contributed by atoms with Crippen molar-refractivity contribution in [3.8, 4) is 0 Å². The number of aliphatic hydroxyl groups is 4. The molecule has 0 bridgehead atoms. The summed E-state index contributed by atoms with van der Waals surface area (Å²) in [6, 6.07) is -2.54. The smallest absolute Gasteiger partial charge is 0.408 e. The van der Waals surface area contributed by atoms with Gasteiger partial charge in [0.05, 0.1) is 18.3 Å². The van der Waals surface area contributed by atoms with Crippen LogP contribution >= 0.6 is 11.9 Å². The highest BCUT2D eigenvalue weighted by atomic mass is 32.2. The summed E-state index contributed by atoms with van der Waals surface area (Å²) in [5.41, 5.74) is -4.58. The zero-order valence-corrected chi connectivity index (χ0v) is 33.1. The number of hydrogen-bond donors (Lipinski definition) is 9. The Kier molecular flexibility index (Phi) is 19.1. The van der Waals surface area contributed by atoms with Gasteiger partial charge in [-0.25, -0.2) is 14.4 Å². The van der Waals surface area contributed by atoms with Crippen molar-refractivity contribution in [2.45, 2.75) is 141 Å². The third-order valence-electron chi connectivity index (χ3n) is 6.60. The summed E-state index contributed by atoms with van der Waals surface area (Å²) >= 11 is 0.720. The zero-order chi connectivity index (χ0) is 40.1. The summed E-state index contributed by atoms with van der Waals surface area (Å²) in [4.78, 5) is 75.3. The van der Waals surface area contributed by atoms with Crippen LogP contribution in [0.2, 0.25) is 25.7 Å². The Labute approximate surface area is 304 Å². The van der Waals surface area contributed by atoms with Gasteiger partial charge in [-0.2, -0.15) is 0 Å². The highest BCUT2D eigenvalue weighted by Gasteiger charge is 2.46. The van der Waals surface area contributed by atoms with Crippen LogP contribution in [-0.2, 0) is 38.2 Å². The van der Waals surface area contributed by atoms with E-state index >= 15 is 0 Å². The van der Waals surface area contributed by atoms with Gasteiger partial charge in [-0.1, -0.05) is 19.6 Å². The summed E-state index contributed by atoms with van der Waals surface area (Å²) in [7, 11) is -1.60. The predicted molar refractivity (Wildman–Crippen MR) is 189 cm³/mol. The molecule has 51 heavy (non-hydrogen) atoms. The van der Waals surface area contributed by atoms with E-state index < -0.39 is 110 Å². The van der Waals surface area contributed by atoms with Gasteiger partial charge in [0.1, 0.15) is 29.9 Å². The summed E-state index contributed by atoms with van der Waals surface area (Å²) in [5.74, 6) is -5.47. The first-order chi connectivity index (χ1) is 23.0. The van der Waals surface area contributed by atoms with Crippen LogP contribution in [0, 0.1) is 0 Å². The molecule has 0 aliphatic rings. The van der Waals surface area contributed by atoms with E-state index in [0.29, 0.717) is 6.04 Å². The maximum Gasteiger partial charge on any atom is 0.408 e.